The molecule has 0 amide bonds. The van der Waals surface area contributed by atoms with Gasteiger partial charge in [-0.05, 0) is 48.6 Å². The van der Waals surface area contributed by atoms with Gasteiger partial charge in [0.25, 0.3) is 0 Å². The molecule has 0 saturated carbocycles. The highest BCUT2D eigenvalue weighted by Crippen LogP contribution is 2.38. The van der Waals surface area contributed by atoms with E-state index in [0.717, 1.165) is 13.1 Å². The molecule has 6 heteroatoms. The molecular weight excluding hydrogens is 252 g/mol. The third kappa shape index (κ3) is 3.53. The Hall–Kier alpha value is 0.0900. The van der Waals surface area contributed by atoms with Crippen LogP contribution in [0.4, 0.5) is 0 Å². The molecule has 0 aromatic rings. The SMILES string of the molecule is CCCN1CCN(C2=NC(N(C)C)SS2)CC1. The molecule has 2 aliphatic heterocycles. The van der Waals surface area contributed by atoms with Crippen LogP contribution in [0.15, 0.2) is 4.99 Å². The third-order valence-corrected chi connectivity index (χ3v) is 5.61. The van der Waals surface area contributed by atoms with Gasteiger partial charge in [-0.3, -0.25) is 9.80 Å². The van der Waals surface area contributed by atoms with Gasteiger partial charge in [0.15, 0.2) is 10.7 Å². The molecular formula is C11H22N4S2. The van der Waals surface area contributed by atoms with Crippen LogP contribution >= 0.6 is 21.6 Å². The minimum absolute atomic E-state index is 0.295. The van der Waals surface area contributed by atoms with Gasteiger partial charge in [0.1, 0.15) is 0 Å². The Kier molecular flexibility index (Phi) is 5.02. The molecule has 0 aromatic heterocycles. The van der Waals surface area contributed by atoms with Crippen LogP contribution in [0.1, 0.15) is 13.3 Å². The van der Waals surface area contributed by atoms with E-state index < -0.39 is 0 Å². The molecule has 2 rings (SSSR count). The third-order valence-electron chi connectivity index (χ3n) is 3.05. The van der Waals surface area contributed by atoms with Crippen molar-refractivity contribution in [3.8, 4) is 0 Å². The standard InChI is InChI=1S/C11H22N4S2/c1-4-5-14-6-8-15(9-7-14)11-12-10(13(2)3)16-17-11/h10H,4-9H2,1-3H3. The lowest BCUT2D eigenvalue weighted by molar-refractivity contribution is 0.184. The van der Waals surface area contributed by atoms with Crippen LogP contribution in [-0.2, 0) is 0 Å². The van der Waals surface area contributed by atoms with Crippen molar-refractivity contribution >= 4 is 26.8 Å². The summed E-state index contributed by atoms with van der Waals surface area (Å²) in [7, 11) is 7.85. The number of amidine groups is 1. The number of hydrogen-bond acceptors (Lipinski definition) is 6. The summed E-state index contributed by atoms with van der Waals surface area (Å²) in [5.41, 5.74) is 0.295. The van der Waals surface area contributed by atoms with E-state index >= 15 is 0 Å². The number of hydrogen-bond donors (Lipinski definition) is 0. The van der Waals surface area contributed by atoms with Gasteiger partial charge in [0.05, 0.1) is 0 Å². The predicted octanol–water partition coefficient (Wildman–Crippen LogP) is 1.61. The second-order valence-corrected chi connectivity index (χ2v) is 6.93. The number of rotatable bonds is 3. The molecule has 1 fully saturated rings. The normalized spacial score (nSPS) is 26.7. The minimum atomic E-state index is 0.295. The first-order chi connectivity index (χ1) is 8.20. The maximum atomic E-state index is 4.76. The topological polar surface area (TPSA) is 22.1 Å². The van der Waals surface area contributed by atoms with Gasteiger partial charge in [0, 0.05) is 26.2 Å². The Bertz CT molecular complexity index is 275. The molecule has 0 radical (unpaired) electrons. The maximum Gasteiger partial charge on any atom is 0.172 e. The molecule has 2 aliphatic rings. The van der Waals surface area contributed by atoms with Crippen molar-refractivity contribution in [2.45, 2.75) is 18.8 Å². The zero-order chi connectivity index (χ0) is 12.3. The highest BCUT2D eigenvalue weighted by Gasteiger charge is 2.27. The van der Waals surface area contributed by atoms with E-state index in [4.69, 9.17) is 4.99 Å². The van der Waals surface area contributed by atoms with Crippen molar-refractivity contribution in [1.82, 2.24) is 14.7 Å². The molecule has 1 unspecified atom stereocenters. The predicted molar refractivity (Wildman–Crippen MR) is 78.4 cm³/mol. The maximum absolute atomic E-state index is 4.76. The van der Waals surface area contributed by atoms with E-state index in [0.29, 0.717) is 5.50 Å². The van der Waals surface area contributed by atoms with Gasteiger partial charge in [-0.25, -0.2) is 4.99 Å². The van der Waals surface area contributed by atoms with Crippen LogP contribution in [0, 0.1) is 0 Å². The summed E-state index contributed by atoms with van der Waals surface area (Å²) in [6.07, 6.45) is 1.26. The van der Waals surface area contributed by atoms with Crippen molar-refractivity contribution < 1.29 is 0 Å². The molecule has 98 valence electrons. The van der Waals surface area contributed by atoms with Gasteiger partial charge in [-0.15, -0.1) is 0 Å². The van der Waals surface area contributed by atoms with Crippen molar-refractivity contribution in [2.24, 2.45) is 4.99 Å². The van der Waals surface area contributed by atoms with Crippen molar-refractivity contribution in [1.29, 1.82) is 0 Å². The number of nitrogens with zero attached hydrogens (tertiary/aromatic N) is 4. The smallest absolute Gasteiger partial charge is 0.172 e. The van der Waals surface area contributed by atoms with Crippen LogP contribution in [0.25, 0.3) is 0 Å². The van der Waals surface area contributed by atoms with E-state index in [-0.39, 0.29) is 0 Å². The number of piperazine rings is 1. The van der Waals surface area contributed by atoms with Crippen molar-refractivity contribution in [3.05, 3.63) is 0 Å². The summed E-state index contributed by atoms with van der Waals surface area (Å²) < 4.78 is 0. The van der Waals surface area contributed by atoms with E-state index in [2.05, 4.69) is 35.7 Å². The van der Waals surface area contributed by atoms with Gasteiger partial charge in [-0.2, -0.15) is 0 Å². The Labute approximate surface area is 112 Å². The van der Waals surface area contributed by atoms with Crippen LogP contribution in [0.2, 0.25) is 0 Å². The summed E-state index contributed by atoms with van der Waals surface area (Å²) in [6, 6.07) is 0. The van der Waals surface area contributed by atoms with Crippen LogP contribution in [-0.4, -0.2) is 72.2 Å². The first kappa shape index (κ1) is 13.5. The van der Waals surface area contributed by atoms with E-state index in [1.54, 1.807) is 0 Å². The Balaban J connectivity index is 1.83. The van der Waals surface area contributed by atoms with Gasteiger partial charge < -0.3 is 4.90 Å². The van der Waals surface area contributed by atoms with E-state index in [1.807, 2.05) is 21.6 Å². The average Bonchev–Trinajstić information content (AvgIpc) is 2.80. The summed E-state index contributed by atoms with van der Waals surface area (Å²) in [5, 5.41) is 1.23. The molecule has 0 N–H and O–H groups in total. The van der Waals surface area contributed by atoms with Crippen LogP contribution in [0.5, 0.6) is 0 Å². The first-order valence-electron chi connectivity index (χ1n) is 6.25. The Morgan fingerprint density at radius 1 is 1.29 bits per heavy atom. The molecule has 1 saturated heterocycles. The second kappa shape index (κ2) is 6.31. The van der Waals surface area contributed by atoms with Crippen LogP contribution < -0.4 is 0 Å². The molecule has 0 spiro atoms. The van der Waals surface area contributed by atoms with Crippen LogP contribution in [0.3, 0.4) is 0 Å². The molecule has 0 aromatic carbocycles. The summed E-state index contributed by atoms with van der Waals surface area (Å²) >= 11 is 0. The Morgan fingerprint density at radius 2 is 2.00 bits per heavy atom. The van der Waals surface area contributed by atoms with Gasteiger partial charge in [0.2, 0.25) is 0 Å². The Morgan fingerprint density at radius 3 is 2.53 bits per heavy atom. The zero-order valence-electron chi connectivity index (χ0n) is 10.9. The molecule has 0 aliphatic carbocycles. The molecule has 1 atom stereocenters. The number of aliphatic imine (C=N–C) groups is 1. The van der Waals surface area contributed by atoms with Gasteiger partial charge >= 0.3 is 0 Å². The van der Waals surface area contributed by atoms with Gasteiger partial charge in [-0.1, -0.05) is 6.92 Å². The fourth-order valence-electron chi connectivity index (χ4n) is 2.04. The lowest BCUT2D eigenvalue weighted by Gasteiger charge is -2.35. The molecule has 0 bridgehead atoms. The summed E-state index contributed by atoms with van der Waals surface area (Å²) in [5.74, 6) is 0. The fourth-order valence-corrected chi connectivity index (χ4v) is 4.63. The summed E-state index contributed by atoms with van der Waals surface area (Å²) in [4.78, 5) is 11.9. The van der Waals surface area contributed by atoms with E-state index in [1.165, 1.54) is 31.2 Å². The molecule has 17 heavy (non-hydrogen) atoms. The van der Waals surface area contributed by atoms with Crippen molar-refractivity contribution in [3.63, 3.8) is 0 Å². The second-order valence-electron chi connectivity index (χ2n) is 4.71. The minimum Gasteiger partial charge on any atom is -0.348 e. The highest BCUT2D eigenvalue weighted by molar-refractivity contribution is 8.82. The first-order valence-corrected chi connectivity index (χ1v) is 8.47. The highest BCUT2D eigenvalue weighted by atomic mass is 33.1. The zero-order valence-corrected chi connectivity index (χ0v) is 12.6. The lowest BCUT2D eigenvalue weighted by atomic mass is 10.3. The average molecular weight is 274 g/mol. The van der Waals surface area contributed by atoms with Crippen molar-refractivity contribution in [2.75, 3.05) is 46.8 Å². The summed E-state index contributed by atoms with van der Waals surface area (Å²) in [6.45, 7) is 8.12. The lowest BCUT2D eigenvalue weighted by Crippen LogP contribution is -2.47. The molecule has 4 nitrogen and oxygen atoms in total. The molecule has 2 heterocycles. The van der Waals surface area contributed by atoms with E-state index in [9.17, 15) is 0 Å². The monoisotopic (exact) mass is 274 g/mol. The quantitative estimate of drug-likeness (QED) is 0.727. The fraction of sp³-hybridized carbons (Fsp3) is 0.909. The largest absolute Gasteiger partial charge is 0.348 e.